The van der Waals surface area contributed by atoms with Crippen LogP contribution in [0, 0.1) is 0 Å². The third kappa shape index (κ3) is 1.59. The van der Waals surface area contributed by atoms with Crippen LogP contribution in [0.4, 0.5) is 0 Å². The highest BCUT2D eigenvalue weighted by Gasteiger charge is 2.61. The van der Waals surface area contributed by atoms with E-state index in [1.807, 2.05) is 0 Å². The van der Waals surface area contributed by atoms with E-state index in [0.717, 1.165) is 0 Å². The van der Waals surface area contributed by atoms with Gasteiger partial charge in [0.25, 0.3) is 5.56 Å². The molecule has 1 aromatic heterocycles. The maximum Gasteiger partial charge on any atom is 0.330 e. The monoisotopic (exact) mass is 366 g/mol. The van der Waals surface area contributed by atoms with Crippen molar-refractivity contribution >= 4 is 22.6 Å². The number of aromatic amines is 1. The van der Waals surface area contributed by atoms with Gasteiger partial charge < -0.3 is 14.6 Å². The Morgan fingerprint density at radius 3 is 3.00 bits per heavy atom. The molecule has 1 aromatic rings. The molecule has 0 amide bonds. The Labute approximate surface area is 115 Å². The molecule has 2 N–H and O–H groups in total. The number of nitrogens with one attached hydrogen (secondary N) is 1. The second kappa shape index (κ2) is 4.15. The summed E-state index contributed by atoms with van der Waals surface area (Å²) in [6.45, 7) is 0.316. The van der Waals surface area contributed by atoms with E-state index in [1.165, 1.54) is 16.8 Å². The fourth-order valence-corrected chi connectivity index (χ4v) is 3.21. The lowest BCUT2D eigenvalue weighted by Gasteiger charge is -2.29. The summed E-state index contributed by atoms with van der Waals surface area (Å²) in [6.07, 6.45) is -0.696. The Morgan fingerprint density at radius 2 is 2.39 bits per heavy atom. The SMILES string of the molecule is O=c1ccn([C@@H]2O[C@@]3(CI)COC2[C@H]3O)c(=O)[nH]1. The van der Waals surface area contributed by atoms with Crippen LogP contribution in [0.1, 0.15) is 6.23 Å². The smallest absolute Gasteiger partial charge is 0.330 e. The van der Waals surface area contributed by atoms with Gasteiger partial charge in [-0.05, 0) is 0 Å². The van der Waals surface area contributed by atoms with Gasteiger partial charge in [-0.2, -0.15) is 0 Å². The molecule has 1 unspecified atom stereocenters. The molecule has 3 rings (SSSR count). The highest BCUT2D eigenvalue weighted by molar-refractivity contribution is 14.1. The summed E-state index contributed by atoms with van der Waals surface area (Å²) in [7, 11) is 0. The third-order valence-electron chi connectivity index (χ3n) is 3.36. The summed E-state index contributed by atoms with van der Waals surface area (Å²) in [5, 5.41) is 10.1. The first kappa shape index (κ1) is 12.3. The molecule has 0 spiro atoms. The van der Waals surface area contributed by atoms with Crippen molar-refractivity contribution in [3.8, 4) is 0 Å². The fourth-order valence-electron chi connectivity index (χ4n) is 2.35. The second-order valence-corrected chi connectivity index (χ2v) is 5.21. The van der Waals surface area contributed by atoms with Crippen molar-refractivity contribution in [2.45, 2.75) is 24.0 Å². The predicted octanol–water partition coefficient (Wildman–Crippen LogP) is -1.00. The minimum Gasteiger partial charge on any atom is -0.387 e. The number of aliphatic hydroxyl groups excluding tert-OH is 1. The van der Waals surface area contributed by atoms with Crippen LogP contribution < -0.4 is 11.2 Å². The lowest BCUT2D eigenvalue weighted by Crippen LogP contribution is -2.43. The van der Waals surface area contributed by atoms with Gasteiger partial charge in [0.2, 0.25) is 0 Å². The van der Waals surface area contributed by atoms with Crippen molar-refractivity contribution in [1.29, 1.82) is 0 Å². The van der Waals surface area contributed by atoms with Gasteiger partial charge in [-0.15, -0.1) is 0 Å². The first-order valence-electron chi connectivity index (χ1n) is 5.42. The fraction of sp³-hybridized carbons (Fsp3) is 0.600. The second-order valence-electron chi connectivity index (χ2n) is 4.44. The van der Waals surface area contributed by atoms with E-state index in [0.29, 0.717) is 11.0 Å². The van der Waals surface area contributed by atoms with Crippen molar-refractivity contribution in [2.75, 3.05) is 11.0 Å². The summed E-state index contributed by atoms with van der Waals surface area (Å²) < 4.78 is 13.1. The van der Waals surface area contributed by atoms with Gasteiger partial charge in [-0.3, -0.25) is 14.3 Å². The van der Waals surface area contributed by atoms with Gasteiger partial charge in [0, 0.05) is 16.7 Å². The topological polar surface area (TPSA) is 93.5 Å². The summed E-state index contributed by atoms with van der Waals surface area (Å²) in [6, 6.07) is 1.24. The molecule has 2 saturated heterocycles. The largest absolute Gasteiger partial charge is 0.387 e. The molecule has 2 aliphatic heterocycles. The molecule has 7 nitrogen and oxygen atoms in total. The summed E-state index contributed by atoms with van der Waals surface area (Å²) in [5.41, 5.74) is -1.80. The van der Waals surface area contributed by atoms with Crippen LogP contribution in [-0.4, -0.2) is 43.5 Å². The van der Waals surface area contributed by atoms with Crippen molar-refractivity contribution in [3.05, 3.63) is 33.1 Å². The molecule has 8 heteroatoms. The maximum atomic E-state index is 11.7. The number of hydrogen-bond acceptors (Lipinski definition) is 5. The third-order valence-corrected chi connectivity index (χ3v) is 4.65. The lowest BCUT2D eigenvalue weighted by atomic mass is 10.0. The number of rotatable bonds is 2. The van der Waals surface area contributed by atoms with Gasteiger partial charge in [0.15, 0.2) is 6.23 Å². The molecular weight excluding hydrogens is 355 g/mol. The van der Waals surface area contributed by atoms with E-state index in [4.69, 9.17) is 9.47 Å². The minimum absolute atomic E-state index is 0.316. The van der Waals surface area contributed by atoms with Crippen LogP contribution in [0.15, 0.2) is 21.9 Å². The van der Waals surface area contributed by atoms with Gasteiger partial charge >= 0.3 is 5.69 Å². The lowest BCUT2D eigenvalue weighted by molar-refractivity contribution is -0.164. The molecule has 3 heterocycles. The van der Waals surface area contributed by atoms with Crippen LogP contribution in [-0.2, 0) is 9.47 Å². The zero-order valence-electron chi connectivity index (χ0n) is 9.21. The van der Waals surface area contributed by atoms with E-state index in [1.54, 1.807) is 0 Å². The van der Waals surface area contributed by atoms with E-state index in [2.05, 4.69) is 27.6 Å². The molecule has 18 heavy (non-hydrogen) atoms. The molecular formula is C10H11IN2O5. The number of alkyl halides is 1. The molecule has 2 bridgehead atoms. The van der Waals surface area contributed by atoms with Crippen LogP contribution >= 0.6 is 22.6 Å². The quantitative estimate of drug-likeness (QED) is 0.518. The molecule has 0 aromatic carbocycles. The number of aliphatic hydroxyl groups is 1. The average Bonchev–Trinajstić information content (AvgIpc) is 2.81. The average molecular weight is 366 g/mol. The zero-order valence-corrected chi connectivity index (χ0v) is 11.4. The summed E-state index contributed by atoms with van der Waals surface area (Å²) >= 11 is 2.12. The van der Waals surface area contributed by atoms with Crippen molar-refractivity contribution in [1.82, 2.24) is 9.55 Å². The molecule has 4 atom stereocenters. The van der Waals surface area contributed by atoms with Crippen molar-refractivity contribution < 1.29 is 14.6 Å². The standard InChI is InChI=1S/C10H11IN2O5/c11-3-10-4-17-6(7(10)15)8(18-10)13-2-1-5(14)12-9(13)16/h1-2,6-8,15H,3-4H2,(H,12,14,16)/t6?,7-,8-,10+/m1/s1. The summed E-state index contributed by atoms with van der Waals surface area (Å²) in [4.78, 5) is 24.9. The van der Waals surface area contributed by atoms with Crippen LogP contribution in [0.2, 0.25) is 0 Å². The number of nitrogens with zero attached hydrogens (tertiary/aromatic N) is 1. The highest BCUT2D eigenvalue weighted by Crippen LogP contribution is 2.45. The number of ether oxygens (including phenoxy) is 2. The molecule has 2 fully saturated rings. The Hall–Kier alpha value is -0.710. The number of H-pyrrole nitrogens is 1. The molecule has 0 saturated carbocycles. The van der Waals surface area contributed by atoms with Crippen LogP contribution in [0.3, 0.4) is 0 Å². The van der Waals surface area contributed by atoms with Crippen LogP contribution in [0.5, 0.6) is 0 Å². The normalized spacial score (nSPS) is 38.2. The van der Waals surface area contributed by atoms with E-state index >= 15 is 0 Å². The van der Waals surface area contributed by atoms with E-state index < -0.39 is 35.3 Å². The number of aromatic nitrogens is 2. The first-order valence-corrected chi connectivity index (χ1v) is 6.95. The Bertz CT molecular complexity index is 584. The zero-order chi connectivity index (χ0) is 12.9. The van der Waals surface area contributed by atoms with Crippen molar-refractivity contribution in [3.63, 3.8) is 0 Å². The number of fused-ring (bicyclic) bond motifs is 2. The molecule has 2 aliphatic rings. The Kier molecular flexibility index (Phi) is 2.84. The molecule has 0 aliphatic carbocycles. The van der Waals surface area contributed by atoms with Crippen molar-refractivity contribution in [2.24, 2.45) is 0 Å². The Morgan fingerprint density at radius 1 is 1.61 bits per heavy atom. The van der Waals surface area contributed by atoms with Gasteiger partial charge in [-0.1, -0.05) is 22.6 Å². The first-order chi connectivity index (χ1) is 8.57. The molecule has 98 valence electrons. The maximum absolute atomic E-state index is 11.7. The minimum atomic E-state index is -0.766. The van der Waals surface area contributed by atoms with Gasteiger partial charge in [0.05, 0.1) is 6.61 Å². The predicted molar refractivity (Wildman–Crippen MR) is 68.8 cm³/mol. The highest BCUT2D eigenvalue weighted by atomic mass is 127. The number of hydrogen-bond donors (Lipinski definition) is 2. The van der Waals surface area contributed by atoms with Gasteiger partial charge in [-0.25, -0.2) is 4.79 Å². The summed E-state index contributed by atoms with van der Waals surface area (Å²) in [5.74, 6) is 0. The van der Waals surface area contributed by atoms with Crippen LogP contribution in [0.25, 0.3) is 0 Å². The van der Waals surface area contributed by atoms with E-state index in [9.17, 15) is 14.7 Å². The van der Waals surface area contributed by atoms with Gasteiger partial charge in [0.1, 0.15) is 17.8 Å². The number of halogens is 1. The van der Waals surface area contributed by atoms with E-state index in [-0.39, 0.29) is 0 Å². The Balaban J connectivity index is 2.01. The molecule has 0 radical (unpaired) electrons.